The Balaban J connectivity index is 1.85. The van der Waals surface area contributed by atoms with Gasteiger partial charge < -0.3 is 24.8 Å². The van der Waals surface area contributed by atoms with Gasteiger partial charge in [-0.1, -0.05) is 26.0 Å². The Morgan fingerprint density at radius 2 is 1.76 bits per heavy atom. The summed E-state index contributed by atoms with van der Waals surface area (Å²) in [5, 5.41) is 3.44. The molecule has 1 saturated heterocycles. The Labute approximate surface area is 177 Å². The summed E-state index contributed by atoms with van der Waals surface area (Å²) in [6.45, 7) is 19.0. The second-order valence-corrected chi connectivity index (χ2v) is 7.97. The second-order valence-electron chi connectivity index (χ2n) is 7.97. The van der Waals surface area contributed by atoms with Crippen LogP contribution in [0.4, 0.5) is 0 Å². The van der Waals surface area contributed by atoms with Crippen molar-refractivity contribution in [3.05, 3.63) is 29.8 Å². The van der Waals surface area contributed by atoms with Crippen molar-refractivity contribution in [2.75, 3.05) is 66.0 Å². The number of nitrogens with zero attached hydrogens (tertiary/aromatic N) is 4. The van der Waals surface area contributed by atoms with Gasteiger partial charge in [-0.2, -0.15) is 0 Å². The summed E-state index contributed by atoms with van der Waals surface area (Å²) in [5.41, 5.74) is 1.25. The van der Waals surface area contributed by atoms with Gasteiger partial charge in [0.25, 0.3) is 0 Å². The third-order valence-corrected chi connectivity index (χ3v) is 5.39. The molecule has 1 N–H and O–H groups in total. The Morgan fingerprint density at radius 1 is 1.10 bits per heavy atom. The monoisotopic (exact) mass is 403 g/mol. The molecule has 1 heterocycles. The lowest BCUT2D eigenvalue weighted by Crippen LogP contribution is -2.47. The topological polar surface area (TPSA) is 43.3 Å². The largest absolute Gasteiger partial charge is 0.494 e. The number of nitrogens with one attached hydrogen (secondary N) is 1. The highest BCUT2D eigenvalue weighted by molar-refractivity contribution is 5.79. The third kappa shape index (κ3) is 8.23. The number of piperazine rings is 1. The van der Waals surface area contributed by atoms with Crippen LogP contribution in [0, 0.1) is 5.92 Å². The summed E-state index contributed by atoms with van der Waals surface area (Å²) in [6, 6.07) is 8.33. The fourth-order valence-electron chi connectivity index (χ4n) is 3.71. The summed E-state index contributed by atoms with van der Waals surface area (Å²) in [7, 11) is 2.10. The molecule has 1 aromatic rings. The second kappa shape index (κ2) is 12.7. The van der Waals surface area contributed by atoms with Gasteiger partial charge in [0.1, 0.15) is 5.75 Å². The minimum Gasteiger partial charge on any atom is -0.494 e. The number of rotatable bonds is 10. The minimum atomic E-state index is 0.552. The van der Waals surface area contributed by atoms with Crippen LogP contribution >= 0.6 is 0 Å². The molecule has 6 nitrogen and oxygen atoms in total. The van der Waals surface area contributed by atoms with E-state index in [0.29, 0.717) is 12.5 Å². The lowest BCUT2D eigenvalue weighted by molar-refractivity contribution is 0.125. The highest BCUT2D eigenvalue weighted by Crippen LogP contribution is 2.13. The SMILES string of the molecule is CCNC(=NCC(C)CN1CCN(CC)CC1)N(C)Cc1ccc(OCC)cc1. The molecule has 0 amide bonds. The number of likely N-dealkylation sites (N-methyl/N-ethyl adjacent to an activating group) is 1. The number of aliphatic imine (C=N–C) groups is 1. The summed E-state index contributed by atoms with van der Waals surface area (Å²) in [6.07, 6.45) is 0. The fourth-order valence-corrected chi connectivity index (χ4v) is 3.71. The third-order valence-electron chi connectivity index (χ3n) is 5.39. The minimum absolute atomic E-state index is 0.552. The van der Waals surface area contributed by atoms with Crippen molar-refractivity contribution >= 4 is 5.96 Å². The van der Waals surface area contributed by atoms with E-state index in [4.69, 9.17) is 9.73 Å². The molecule has 0 spiro atoms. The number of hydrogen-bond acceptors (Lipinski definition) is 4. The Hall–Kier alpha value is -1.79. The van der Waals surface area contributed by atoms with Crippen LogP contribution in [0.3, 0.4) is 0 Å². The van der Waals surface area contributed by atoms with Crippen molar-refractivity contribution in [1.29, 1.82) is 0 Å². The number of hydrogen-bond donors (Lipinski definition) is 1. The molecule has 0 aliphatic carbocycles. The lowest BCUT2D eigenvalue weighted by Gasteiger charge is -2.35. The quantitative estimate of drug-likeness (QED) is 0.481. The van der Waals surface area contributed by atoms with E-state index in [1.54, 1.807) is 0 Å². The van der Waals surface area contributed by atoms with E-state index in [2.05, 4.69) is 60.0 Å². The molecule has 1 aliphatic heterocycles. The van der Waals surface area contributed by atoms with E-state index in [1.807, 2.05) is 19.1 Å². The van der Waals surface area contributed by atoms with Crippen molar-refractivity contribution < 1.29 is 4.74 Å². The van der Waals surface area contributed by atoms with Gasteiger partial charge in [0, 0.05) is 59.4 Å². The highest BCUT2D eigenvalue weighted by atomic mass is 16.5. The zero-order valence-electron chi connectivity index (χ0n) is 19.2. The highest BCUT2D eigenvalue weighted by Gasteiger charge is 2.17. The van der Waals surface area contributed by atoms with Crippen LogP contribution in [0.25, 0.3) is 0 Å². The van der Waals surface area contributed by atoms with E-state index in [0.717, 1.165) is 37.9 Å². The Kier molecular flexibility index (Phi) is 10.3. The molecule has 1 atom stereocenters. The number of benzene rings is 1. The van der Waals surface area contributed by atoms with Crippen molar-refractivity contribution in [2.45, 2.75) is 34.2 Å². The predicted molar refractivity (Wildman–Crippen MR) is 123 cm³/mol. The van der Waals surface area contributed by atoms with Crippen LogP contribution in [0.15, 0.2) is 29.3 Å². The molecule has 6 heteroatoms. The fraction of sp³-hybridized carbons (Fsp3) is 0.696. The van der Waals surface area contributed by atoms with Gasteiger partial charge in [-0.25, -0.2) is 0 Å². The van der Waals surface area contributed by atoms with Crippen LogP contribution in [0.2, 0.25) is 0 Å². The first kappa shape index (κ1) is 23.5. The van der Waals surface area contributed by atoms with Crippen LogP contribution in [-0.4, -0.2) is 86.7 Å². The molecule has 0 radical (unpaired) electrons. The van der Waals surface area contributed by atoms with Gasteiger partial charge in [-0.3, -0.25) is 4.99 Å². The van der Waals surface area contributed by atoms with Gasteiger partial charge in [0.15, 0.2) is 5.96 Å². The van der Waals surface area contributed by atoms with Crippen LogP contribution in [0.5, 0.6) is 5.75 Å². The Morgan fingerprint density at radius 3 is 2.34 bits per heavy atom. The van der Waals surface area contributed by atoms with E-state index in [-0.39, 0.29) is 0 Å². The maximum Gasteiger partial charge on any atom is 0.193 e. The van der Waals surface area contributed by atoms with Gasteiger partial charge in [-0.05, 0) is 44.0 Å². The molecule has 1 fully saturated rings. The maximum atomic E-state index is 5.54. The van der Waals surface area contributed by atoms with E-state index in [1.165, 1.54) is 38.3 Å². The first-order chi connectivity index (χ1) is 14.0. The standard InChI is InChI=1S/C23H41N5O/c1-6-24-23(26(5)19-21-9-11-22(12-10-21)29-8-3)25-17-20(4)18-28-15-13-27(7-2)14-16-28/h9-12,20H,6-8,13-19H2,1-5H3,(H,24,25). The molecule has 1 aliphatic rings. The first-order valence-corrected chi connectivity index (χ1v) is 11.2. The van der Waals surface area contributed by atoms with Gasteiger partial charge in [0.2, 0.25) is 0 Å². The van der Waals surface area contributed by atoms with E-state index < -0.39 is 0 Å². The maximum absolute atomic E-state index is 5.54. The van der Waals surface area contributed by atoms with Gasteiger partial charge in [-0.15, -0.1) is 0 Å². The average Bonchev–Trinajstić information content (AvgIpc) is 2.73. The molecule has 2 rings (SSSR count). The molecule has 29 heavy (non-hydrogen) atoms. The smallest absolute Gasteiger partial charge is 0.193 e. The van der Waals surface area contributed by atoms with Crippen molar-refractivity contribution in [3.63, 3.8) is 0 Å². The summed E-state index contributed by atoms with van der Waals surface area (Å²) < 4.78 is 5.54. The Bertz CT molecular complexity index is 596. The molecule has 1 aromatic carbocycles. The van der Waals surface area contributed by atoms with Crippen molar-refractivity contribution in [1.82, 2.24) is 20.0 Å². The molecule has 0 saturated carbocycles. The molecular formula is C23H41N5O. The van der Waals surface area contributed by atoms with Crippen LogP contribution in [-0.2, 0) is 6.54 Å². The molecule has 0 aromatic heterocycles. The normalized spacial score (nSPS) is 17.2. The van der Waals surface area contributed by atoms with E-state index in [9.17, 15) is 0 Å². The predicted octanol–water partition coefficient (Wildman–Crippen LogP) is 2.76. The molecule has 0 bridgehead atoms. The zero-order chi connectivity index (χ0) is 21.1. The molecule has 1 unspecified atom stereocenters. The van der Waals surface area contributed by atoms with Gasteiger partial charge >= 0.3 is 0 Å². The summed E-state index contributed by atoms with van der Waals surface area (Å²) in [4.78, 5) is 12.2. The van der Waals surface area contributed by atoms with E-state index >= 15 is 0 Å². The van der Waals surface area contributed by atoms with Crippen molar-refractivity contribution in [3.8, 4) is 5.75 Å². The van der Waals surface area contributed by atoms with Crippen LogP contribution in [0.1, 0.15) is 33.3 Å². The zero-order valence-corrected chi connectivity index (χ0v) is 19.2. The number of ether oxygens (including phenoxy) is 1. The molecule has 164 valence electrons. The lowest BCUT2D eigenvalue weighted by atomic mass is 10.1. The summed E-state index contributed by atoms with van der Waals surface area (Å²) >= 11 is 0. The summed E-state index contributed by atoms with van der Waals surface area (Å²) in [5.74, 6) is 2.45. The van der Waals surface area contributed by atoms with Crippen LogP contribution < -0.4 is 10.1 Å². The number of guanidine groups is 1. The van der Waals surface area contributed by atoms with Crippen molar-refractivity contribution in [2.24, 2.45) is 10.9 Å². The average molecular weight is 404 g/mol. The first-order valence-electron chi connectivity index (χ1n) is 11.2. The van der Waals surface area contributed by atoms with Gasteiger partial charge in [0.05, 0.1) is 6.61 Å². The molecular weight excluding hydrogens is 362 g/mol.